The number of amides is 1. The van der Waals surface area contributed by atoms with E-state index in [2.05, 4.69) is 36.5 Å². The fraction of sp³-hybridized carbons (Fsp3) is 0.417. The van der Waals surface area contributed by atoms with Gasteiger partial charge in [-0.05, 0) is 41.6 Å². The van der Waals surface area contributed by atoms with Crippen molar-refractivity contribution in [1.29, 1.82) is 0 Å². The molecule has 9 nitrogen and oxygen atoms in total. The zero-order valence-corrected chi connectivity index (χ0v) is 13.8. The van der Waals surface area contributed by atoms with Gasteiger partial charge in [-0.1, -0.05) is 5.10 Å². The topological polar surface area (TPSA) is 119 Å². The molecule has 0 aromatic carbocycles. The molecule has 1 atom stereocenters. The molecule has 22 heavy (non-hydrogen) atoms. The number of carbonyl (C=O) groups excluding carboxylic acids is 1. The second kappa shape index (κ2) is 6.26. The Morgan fingerprint density at radius 2 is 2.32 bits per heavy atom. The highest BCUT2D eigenvalue weighted by Gasteiger charge is 2.26. The lowest BCUT2D eigenvalue weighted by molar-refractivity contribution is -0.390. The predicted octanol–water partition coefficient (Wildman–Crippen LogP) is 2.10. The number of aromatic nitrogens is 4. The van der Waals surface area contributed by atoms with Crippen molar-refractivity contribution >= 4 is 27.7 Å². The summed E-state index contributed by atoms with van der Waals surface area (Å²) in [5.74, 6) is -0.861. The molecule has 0 fully saturated rings. The summed E-state index contributed by atoms with van der Waals surface area (Å²) < 4.78 is 1.86. The van der Waals surface area contributed by atoms with E-state index in [4.69, 9.17) is 0 Å². The Hall–Kier alpha value is -2.23. The predicted molar refractivity (Wildman–Crippen MR) is 81.5 cm³/mol. The van der Waals surface area contributed by atoms with E-state index in [0.717, 1.165) is 17.8 Å². The van der Waals surface area contributed by atoms with Crippen LogP contribution in [0.15, 0.2) is 10.7 Å². The maximum absolute atomic E-state index is 12.2. The second-order valence-electron chi connectivity index (χ2n) is 4.69. The highest BCUT2D eigenvalue weighted by molar-refractivity contribution is 9.10. The standard InChI is InChI=1S/C12H15BrN6O3/c1-4-18-7(3)8(5-14-18)6(2)15-12(20)10-9(13)11(17-16-10)19(21)22/h5-6H,4H2,1-3H3,(H,15,20)(H,16,17). The quantitative estimate of drug-likeness (QED) is 0.616. The molecule has 0 aliphatic rings. The number of rotatable bonds is 5. The van der Waals surface area contributed by atoms with Crippen LogP contribution in [0.4, 0.5) is 5.82 Å². The van der Waals surface area contributed by atoms with E-state index in [1.807, 2.05) is 25.5 Å². The summed E-state index contributed by atoms with van der Waals surface area (Å²) in [7, 11) is 0. The molecular weight excluding hydrogens is 356 g/mol. The molecule has 0 bridgehead atoms. The molecule has 0 radical (unpaired) electrons. The lowest BCUT2D eigenvalue weighted by atomic mass is 10.1. The summed E-state index contributed by atoms with van der Waals surface area (Å²) in [5, 5.41) is 23.6. The zero-order valence-electron chi connectivity index (χ0n) is 12.3. The molecule has 2 rings (SSSR count). The van der Waals surface area contributed by atoms with Gasteiger partial charge in [-0.3, -0.25) is 9.48 Å². The summed E-state index contributed by atoms with van der Waals surface area (Å²) in [5.41, 5.74) is 1.79. The number of aryl methyl sites for hydroxylation is 1. The average molecular weight is 371 g/mol. The molecule has 1 amide bonds. The van der Waals surface area contributed by atoms with E-state index in [1.165, 1.54) is 0 Å². The van der Waals surface area contributed by atoms with Crippen molar-refractivity contribution in [1.82, 2.24) is 25.3 Å². The largest absolute Gasteiger partial charge is 0.358 e. The van der Waals surface area contributed by atoms with E-state index >= 15 is 0 Å². The number of hydrogen-bond donors (Lipinski definition) is 2. The number of nitro groups is 1. The maximum atomic E-state index is 12.2. The lowest BCUT2D eigenvalue weighted by Crippen LogP contribution is -2.27. The molecule has 0 aliphatic carbocycles. The smallest absolute Gasteiger partial charge is 0.357 e. The number of aromatic amines is 1. The Bertz CT molecular complexity index is 723. The van der Waals surface area contributed by atoms with Crippen molar-refractivity contribution in [3.8, 4) is 0 Å². The summed E-state index contributed by atoms with van der Waals surface area (Å²) in [6, 6.07) is -0.296. The first-order valence-electron chi connectivity index (χ1n) is 6.58. The summed E-state index contributed by atoms with van der Waals surface area (Å²) >= 11 is 3.02. The summed E-state index contributed by atoms with van der Waals surface area (Å²) in [6.45, 7) is 6.46. The van der Waals surface area contributed by atoms with E-state index in [0.29, 0.717) is 0 Å². The second-order valence-corrected chi connectivity index (χ2v) is 5.48. The monoisotopic (exact) mass is 370 g/mol. The molecule has 118 valence electrons. The van der Waals surface area contributed by atoms with Crippen molar-refractivity contribution < 1.29 is 9.72 Å². The Labute approximate surface area is 134 Å². The van der Waals surface area contributed by atoms with Gasteiger partial charge in [-0.25, -0.2) is 0 Å². The normalized spacial score (nSPS) is 12.2. The van der Waals surface area contributed by atoms with Gasteiger partial charge in [0, 0.05) is 17.8 Å². The Balaban J connectivity index is 2.18. The van der Waals surface area contributed by atoms with Crippen LogP contribution in [-0.4, -0.2) is 30.8 Å². The van der Waals surface area contributed by atoms with Gasteiger partial charge in [0.2, 0.25) is 0 Å². The van der Waals surface area contributed by atoms with Crippen molar-refractivity contribution in [2.75, 3.05) is 0 Å². The number of hydrogen-bond acceptors (Lipinski definition) is 5. The van der Waals surface area contributed by atoms with E-state index < -0.39 is 10.8 Å². The van der Waals surface area contributed by atoms with Crippen LogP contribution in [0.3, 0.4) is 0 Å². The first-order valence-corrected chi connectivity index (χ1v) is 7.37. The zero-order chi connectivity index (χ0) is 16.4. The van der Waals surface area contributed by atoms with Gasteiger partial charge < -0.3 is 15.4 Å². The van der Waals surface area contributed by atoms with Gasteiger partial charge in [0.05, 0.1) is 12.2 Å². The first kappa shape index (κ1) is 16.1. The third kappa shape index (κ3) is 2.86. The van der Waals surface area contributed by atoms with Crippen molar-refractivity contribution in [3.05, 3.63) is 37.7 Å². The molecule has 2 N–H and O–H groups in total. The maximum Gasteiger partial charge on any atom is 0.357 e. The lowest BCUT2D eigenvalue weighted by Gasteiger charge is -2.13. The molecule has 0 saturated carbocycles. The van der Waals surface area contributed by atoms with Gasteiger partial charge in [0.25, 0.3) is 5.91 Å². The van der Waals surface area contributed by atoms with Crippen LogP contribution in [0, 0.1) is 17.0 Å². The van der Waals surface area contributed by atoms with Crippen LogP contribution in [0.25, 0.3) is 0 Å². The number of nitrogens with one attached hydrogen (secondary N) is 2. The minimum atomic E-state index is -0.646. The van der Waals surface area contributed by atoms with Crippen LogP contribution in [0.1, 0.15) is 41.6 Å². The molecule has 10 heteroatoms. The van der Waals surface area contributed by atoms with Crippen molar-refractivity contribution in [2.24, 2.45) is 0 Å². The van der Waals surface area contributed by atoms with Crippen LogP contribution < -0.4 is 5.32 Å². The minimum absolute atomic E-state index is 0.0307. The SMILES string of the molecule is CCn1ncc(C(C)NC(=O)c2n[nH]c([N+](=O)[O-])c2Br)c1C. The van der Waals surface area contributed by atoms with Gasteiger partial charge in [0.1, 0.15) is 4.47 Å². The highest BCUT2D eigenvalue weighted by atomic mass is 79.9. The molecule has 0 saturated heterocycles. The summed E-state index contributed by atoms with van der Waals surface area (Å²) in [6.07, 6.45) is 1.70. The molecule has 0 spiro atoms. The van der Waals surface area contributed by atoms with Crippen molar-refractivity contribution in [2.45, 2.75) is 33.4 Å². The molecule has 2 aromatic heterocycles. The Morgan fingerprint density at radius 3 is 2.82 bits per heavy atom. The molecule has 1 unspecified atom stereocenters. The Morgan fingerprint density at radius 1 is 1.64 bits per heavy atom. The third-order valence-electron chi connectivity index (χ3n) is 3.34. The van der Waals surface area contributed by atoms with Gasteiger partial charge in [0.15, 0.2) is 5.69 Å². The van der Waals surface area contributed by atoms with Crippen LogP contribution in [0.2, 0.25) is 0 Å². The van der Waals surface area contributed by atoms with Crippen LogP contribution in [0.5, 0.6) is 0 Å². The highest BCUT2D eigenvalue weighted by Crippen LogP contribution is 2.26. The Kier molecular flexibility index (Phi) is 4.59. The van der Waals surface area contributed by atoms with E-state index in [9.17, 15) is 14.9 Å². The van der Waals surface area contributed by atoms with E-state index in [1.54, 1.807) is 6.20 Å². The molecule has 2 heterocycles. The average Bonchev–Trinajstić information content (AvgIpc) is 3.01. The molecular formula is C12H15BrN6O3. The number of H-pyrrole nitrogens is 1. The summed E-state index contributed by atoms with van der Waals surface area (Å²) in [4.78, 5) is 22.3. The number of carbonyl (C=O) groups is 1. The van der Waals surface area contributed by atoms with Gasteiger partial charge >= 0.3 is 5.82 Å². The number of halogens is 1. The van der Waals surface area contributed by atoms with E-state index in [-0.39, 0.29) is 22.0 Å². The van der Waals surface area contributed by atoms with Gasteiger partial charge in [-0.15, -0.1) is 5.10 Å². The van der Waals surface area contributed by atoms with Gasteiger partial charge in [-0.2, -0.15) is 5.10 Å². The fourth-order valence-electron chi connectivity index (χ4n) is 2.14. The van der Waals surface area contributed by atoms with Crippen molar-refractivity contribution in [3.63, 3.8) is 0 Å². The third-order valence-corrected chi connectivity index (χ3v) is 4.09. The fourth-order valence-corrected chi connectivity index (χ4v) is 2.64. The number of nitrogens with zero attached hydrogens (tertiary/aromatic N) is 4. The molecule has 2 aromatic rings. The minimum Gasteiger partial charge on any atom is -0.358 e. The van der Waals surface area contributed by atoms with Crippen LogP contribution >= 0.6 is 15.9 Å². The molecule has 0 aliphatic heterocycles. The van der Waals surface area contributed by atoms with Crippen LogP contribution in [-0.2, 0) is 6.54 Å². The first-order chi connectivity index (χ1) is 10.4.